The van der Waals surface area contributed by atoms with Gasteiger partial charge in [-0.3, -0.25) is 4.98 Å². The fraction of sp³-hybridized carbons (Fsp3) is 0.250. The highest BCUT2D eigenvalue weighted by molar-refractivity contribution is 9.10. The van der Waals surface area contributed by atoms with E-state index >= 15 is 0 Å². The summed E-state index contributed by atoms with van der Waals surface area (Å²) in [5.41, 5.74) is 4.11. The first kappa shape index (κ1) is 13.1. The summed E-state index contributed by atoms with van der Waals surface area (Å²) in [7, 11) is 0. The number of aromatic nitrogens is 1. The third-order valence-electron chi connectivity index (χ3n) is 2.30. The highest BCUT2D eigenvalue weighted by Crippen LogP contribution is 2.30. The molecule has 1 aromatic carbocycles. The van der Waals surface area contributed by atoms with Crippen LogP contribution in [0.2, 0.25) is 0 Å². The molecule has 0 spiro atoms. The summed E-state index contributed by atoms with van der Waals surface area (Å²) in [5, 5.41) is 0.783. The zero-order valence-electron chi connectivity index (χ0n) is 9.24. The molecule has 17 heavy (non-hydrogen) atoms. The molecule has 5 heteroatoms. The Morgan fingerprint density at radius 3 is 2.88 bits per heavy atom. The van der Waals surface area contributed by atoms with Gasteiger partial charge in [-0.15, -0.1) is 11.3 Å². The van der Waals surface area contributed by atoms with E-state index in [2.05, 4.69) is 55.9 Å². The van der Waals surface area contributed by atoms with Crippen LogP contribution in [0.25, 0.3) is 0 Å². The largest absolute Gasteiger partial charge is 0.487 e. The number of halogens is 2. The molecule has 0 fully saturated rings. The molecule has 0 bridgehead atoms. The number of rotatable bonds is 4. The van der Waals surface area contributed by atoms with Crippen molar-refractivity contribution in [1.29, 1.82) is 0 Å². The molecule has 0 aliphatic rings. The van der Waals surface area contributed by atoms with Crippen molar-refractivity contribution in [1.82, 2.24) is 4.98 Å². The second-order valence-corrected chi connectivity index (χ2v) is 6.05. The summed E-state index contributed by atoms with van der Waals surface area (Å²) in [5.74, 6) is 0.957. The van der Waals surface area contributed by atoms with Gasteiger partial charge in [0.05, 0.1) is 10.4 Å². The number of hydrogen-bond acceptors (Lipinski definition) is 3. The van der Waals surface area contributed by atoms with Crippen molar-refractivity contribution in [3.63, 3.8) is 0 Å². The number of nitrogens with zero attached hydrogens (tertiary/aromatic N) is 1. The highest BCUT2D eigenvalue weighted by atomic mass is 79.9. The highest BCUT2D eigenvalue weighted by Gasteiger charge is 2.08. The Kier molecular flexibility index (Phi) is 4.59. The summed E-state index contributed by atoms with van der Waals surface area (Å²) in [6.45, 7) is 2.63. The maximum absolute atomic E-state index is 5.88. The number of thiazole rings is 1. The van der Waals surface area contributed by atoms with Crippen LogP contribution in [0.1, 0.15) is 16.0 Å². The van der Waals surface area contributed by atoms with E-state index < -0.39 is 0 Å². The summed E-state index contributed by atoms with van der Waals surface area (Å²) in [6, 6.07) is 4.14. The number of hydrogen-bond donors (Lipinski definition) is 0. The Balaban J connectivity index is 2.19. The standard InChI is InChI=1S/C12H11Br2NOS/c1-8-2-10(14)3-9(4-13)12(8)16-6-11-5-15-7-17-11/h2-3,5,7H,4,6H2,1H3. The minimum Gasteiger partial charge on any atom is -0.487 e. The number of benzene rings is 1. The van der Waals surface area contributed by atoms with Crippen molar-refractivity contribution in [3.05, 3.63) is 44.3 Å². The van der Waals surface area contributed by atoms with Crippen molar-refractivity contribution in [2.75, 3.05) is 0 Å². The second-order valence-electron chi connectivity index (χ2n) is 3.60. The molecule has 0 unspecified atom stereocenters. The molecule has 0 atom stereocenters. The lowest BCUT2D eigenvalue weighted by atomic mass is 10.1. The molecule has 1 aromatic heterocycles. The van der Waals surface area contributed by atoms with Crippen LogP contribution in [0.15, 0.2) is 28.3 Å². The molecule has 2 nitrogen and oxygen atoms in total. The summed E-state index contributed by atoms with van der Waals surface area (Å²) in [4.78, 5) is 5.17. The van der Waals surface area contributed by atoms with Crippen molar-refractivity contribution in [3.8, 4) is 5.75 Å². The summed E-state index contributed by atoms with van der Waals surface area (Å²) >= 11 is 8.59. The van der Waals surface area contributed by atoms with Gasteiger partial charge in [-0.05, 0) is 24.6 Å². The van der Waals surface area contributed by atoms with Crippen LogP contribution in [0, 0.1) is 6.92 Å². The minimum absolute atomic E-state index is 0.577. The molecule has 0 saturated heterocycles. The molecule has 1 heterocycles. The van der Waals surface area contributed by atoms with E-state index in [0.29, 0.717) is 6.61 Å². The fourth-order valence-corrected chi connectivity index (χ4v) is 3.10. The van der Waals surface area contributed by atoms with Gasteiger partial charge in [0.2, 0.25) is 0 Å². The first-order chi connectivity index (χ1) is 8.20. The van der Waals surface area contributed by atoms with Crippen molar-refractivity contribution < 1.29 is 4.74 Å². The molecule has 0 amide bonds. The van der Waals surface area contributed by atoms with E-state index in [0.717, 1.165) is 31.6 Å². The summed E-state index contributed by atoms with van der Waals surface area (Å²) < 4.78 is 6.96. The van der Waals surface area contributed by atoms with Gasteiger partial charge < -0.3 is 4.74 Å². The predicted molar refractivity (Wildman–Crippen MR) is 78.0 cm³/mol. The second kappa shape index (κ2) is 5.98. The molecular formula is C12H11Br2NOS. The van der Waals surface area contributed by atoms with Gasteiger partial charge in [0.1, 0.15) is 12.4 Å². The fourth-order valence-electron chi connectivity index (χ4n) is 1.56. The van der Waals surface area contributed by atoms with Gasteiger partial charge in [-0.2, -0.15) is 0 Å². The molecule has 2 rings (SSSR count). The Hall–Kier alpha value is -0.390. The molecule has 0 saturated carbocycles. The number of alkyl halides is 1. The smallest absolute Gasteiger partial charge is 0.126 e. The van der Waals surface area contributed by atoms with Crippen LogP contribution in [0.3, 0.4) is 0 Å². The van der Waals surface area contributed by atoms with Gasteiger partial charge in [0, 0.05) is 21.6 Å². The van der Waals surface area contributed by atoms with Gasteiger partial charge in [0.15, 0.2) is 0 Å². The first-order valence-corrected chi connectivity index (χ1v) is 7.85. The molecule has 2 aromatic rings. The van der Waals surface area contributed by atoms with E-state index in [1.54, 1.807) is 11.3 Å². The molecule has 90 valence electrons. The number of aryl methyl sites for hydroxylation is 1. The maximum Gasteiger partial charge on any atom is 0.126 e. The van der Waals surface area contributed by atoms with Gasteiger partial charge >= 0.3 is 0 Å². The maximum atomic E-state index is 5.88. The van der Waals surface area contributed by atoms with Crippen molar-refractivity contribution in [2.45, 2.75) is 18.9 Å². The average Bonchev–Trinajstić information content (AvgIpc) is 2.79. The molecule has 0 aliphatic heterocycles. The molecule has 0 radical (unpaired) electrons. The topological polar surface area (TPSA) is 22.1 Å². The van der Waals surface area contributed by atoms with Gasteiger partial charge in [0.25, 0.3) is 0 Å². The molecule has 0 aliphatic carbocycles. The Morgan fingerprint density at radius 1 is 1.41 bits per heavy atom. The summed E-state index contributed by atoms with van der Waals surface area (Å²) in [6.07, 6.45) is 1.84. The quantitative estimate of drug-likeness (QED) is 0.722. The van der Waals surface area contributed by atoms with E-state index in [9.17, 15) is 0 Å². The third kappa shape index (κ3) is 3.30. The van der Waals surface area contributed by atoms with Crippen LogP contribution in [-0.4, -0.2) is 4.98 Å². The van der Waals surface area contributed by atoms with Crippen molar-refractivity contribution >= 4 is 43.2 Å². The van der Waals surface area contributed by atoms with Crippen LogP contribution in [0.4, 0.5) is 0 Å². The average molecular weight is 377 g/mol. The Labute approximate surface area is 121 Å². The van der Waals surface area contributed by atoms with Gasteiger partial charge in [-0.1, -0.05) is 31.9 Å². The zero-order valence-corrected chi connectivity index (χ0v) is 13.2. The Morgan fingerprint density at radius 2 is 2.24 bits per heavy atom. The molecule has 0 N–H and O–H groups in total. The predicted octanol–water partition coefficient (Wildman–Crippen LogP) is 4.69. The Bertz CT molecular complexity index is 499. The van der Waals surface area contributed by atoms with Crippen LogP contribution < -0.4 is 4.74 Å². The van der Waals surface area contributed by atoms with Crippen LogP contribution in [-0.2, 0) is 11.9 Å². The number of ether oxygens (including phenoxy) is 1. The minimum atomic E-state index is 0.577. The van der Waals surface area contributed by atoms with E-state index in [-0.39, 0.29) is 0 Å². The lowest BCUT2D eigenvalue weighted by Crippen LogP contribution is -1.98. The van der Waals surface area contributed by atoms with E-state index in [1.165, 1.54) is 0 Å². The molecular weight excluding hydrogens is 366 g/mol. The lowest BCUT2D eigenvalue weighted by Gasteiger charge is -2.12. The monoisotopic (exact) mass is 375 g/mol. The van der Waals surface area contributed by atoms with Gasteiger partial charge in [-0.25, -0.2) is 0 Å². The van der Waals surface area contributed by atoms with Crippen LogP contribution >= 0.6 is 43.2 Å². The van der Waals surface area contributed by atoms with Crippen LogP contribution in [0.5, 0.6) is 5.75 Å². The SMILES string of the molecule is Cc1cc(Br)cc(CBr)c1OCc1cncs1. The third-order valence-corrected chi connectivity index (χ3v) is 4.12. The van der Waals surface area contributed by atoms with E-state index in [1.807, 2.05) is 11.7 Å². The van der Waals surface area contributed by atoms with Crippen molar-refractivity contribution in [2.24, 2.45) is 0 Å². The first-order valence-electron chi connectivity index (χ1n) is 5.06. The normalized spacial score (nSPS) is 10.5. The van der Waals surface area contributed by atoms with E-state index in [4.69, 9.17) is 4.74 Å². The zero-order chi connectivity index (χ0) is 12.3. The lowest BCUT2D eigenvalue weighted by molar-refractivity contribution is 0.305.